The van der Waals surface area contributed by atoms with Crippen molar-refractivity contribution in [3.05, 3.63) is 69.2 Å². The third kappa shape index (κ3) is 3.40. The van der Waals surface area contributed by atoms with Gasteiger partial charge in [0.25, 0.3) is 11.8 Å². The van der Waals surface area contributed by atoms with Gasteiger partial charge in [0.1, 0.15) is 6.61 Å². The van der Waals surface area contributed by atoms with Crippen LogP contribution in [0.25, 0.3) is 0 Å². The number of rotatable bonds is 6. The average Bonchev–Trinajstić information content (AvgIpc) is 3.62. The summed E-state index contributed by atoms with van der Waals surface area (Å²) in [5.74, 6) is 1.64. The third-order valence-corrected chi connectivity index (χ3v) is 8.50. The summed E-state index contributed by atoms with van der Waals surface area (Å²) in [5, 5.41) is 6.02. The highest BCUT2D eigenvalue weighted by atomic mass is 79.9. The Labute approximate surface area is 210 Å². The number of nitrogens with zero attached hydrogens (tertiary/aromatic N) is 2. The van der Waals surface area contributed by atoms with Crippen LogP contribution in [-0.4, -0.2) is 30.1 Å². The van der Waals surface area contributed by atoms with Crippen LogP contribution >= 0.6 is 27.5 Å². The first-order valence-electron chi connectivity index (χ1n) is 11.3. The molecule has 3 fully saturated rings. The summed E-state index contributed by atoms with van der Waals surface area (Å²) in [6, 6.07) is 11.1. The Hall–Kier alpha value is -2.64. The molecule has 2 saturated carbocycles. The lowest BCUT2D eigenvalue weighted by molar-refractivity contribution is -0.140. The second-order valence-corrected chi connectivity index (χ2v) is 10.6. The van der Waals surface area contributed by atoms with Crippen LogP contribution in [0.4, 0.5) is 0 Å². The number of hydrogen-bond donors (Lipinski definition) is 0. The highest BCUT2D eigenvalue weighted by Crippen LogP contribution is 2.65. The number of methoxy groups -OCH3 is 1. The molecular formula is C26H22BrClN2O4. The van der Waals surface area contributed by atoms with Gasteiger partial charge in [-0.15, -0.1) is 0 Å². The van der Waals surface area contributed by atoms with Gasteiger partial charge in [0, 0.05) is 10.6 Å². The highest BCUT2D eigenvalue weighted by molar-refractivity contribution is 9.10. The molecule has 4 aliphatic carbocycles. The van der Waals surface area contributed by atoms with Crippen molar-refractivity contribution in [2.45, 2.75) is 13.0 Å². The van der Waals surface area contributed by atoms with Gasteiger partial charge < -0.3 is 9.47 Å². The van der Waals surface area contributed by atoms with Crippen LogP contribution in [-0.2, 0) is 16.2 Å². The molecule has 2 aromatic rings. The van der Waals surface area contributed by atoms with Gasteiger partial charge >= 0.3 is 0 Å². The van der Waals surface area contributed by atoms with Crippen LogP contribution in [0.15, 0.2) is 58.1 Å². The lowest BCUT2D eigenvalue weighted by Crippen LogP contribution is -2.40. The van der Waals surface area contributed by atoms with Gasteiger partial charge in [-0.05, 0) is 69.8 Å². The standard InChI is InChI=1S/C26H22BrClN2O4/c1-33-21-9-13(8-19(27)24(21)34-12-14-4-2-3-5-20(14)28)11-29-30-25(31)22-15-6-7-16(18-10-17(15)18)23(22)26(30)32/h2-9,11,15-18,22-23H,10,12H2,1H3/b29-11-/t15-,16-,17-,18+,22+,23+/m0/s1. The van der Waals surface area contributed by atoms with Gasteiger partial charge in [-0.25, -0.2) is 0 Å². The van der Waals surface area contributed by atoms with E-state index in [9.17, 15) is 9.59 Å². The van der Waals surface area contributed by atoms with Crippen molar-refractivity contribution in [1.29, 1.82) is 0 Å². The van der Waals surface area contributed by atoms with E-state index in [4.69, 9.17) is 21.1 Å². The van der Waals surface area contributed by atoms with E-state index < -0.39 is 0 Å². The second-order valence-electron chi connectivity index (χ2n) is 9.30. The maximum Gasteiger partial charge on any atom is 0.254 e. The number of halogens is 2. The molecule has 6 nitrogen and oxygen atoms in total. The molecule has 1 aliphatic heterocycles. The molecular weight excluding hydrogens is 520 g/mol. The Morgan fingerprint density at radius 2 is 1.79 bits per heavy atom. The van der Waals surface area contributed by atoms with Crippen molar-refractivity contribution < 1.29 is 19.1 Å². The minimum Gasteiger partial charge on any atom is -0.493 e. The topological polar surface area (TPSA) is 68.2 Å². The molecule has 0 radical (unpaired) electrons. The predicted octanol–water partition coefficient (Wildman–Crippen LogP) is 5.08. The Morgan fingerprint density at radius 1 is 1.12 bits per heavy atom. The third-order valence-electron chi connectivity index (χ3n) is 7.54. The fourth-order valence-corrected chi connectivity index (χ4v) is 6.66. The minimum absolute atomic E-state index is 0.179. The number of allylic oxidation sites excluding steroid dienone is 2. The van der Waals surface area contributed by atoms with Crippen molar-refractivity contribution in [2.75, 3.05) is 7.11 Å². The van der Waals surface area contributed by atoms with Crippen LogP contribution in [0, 0.1) is 35.5 Å². The van der Waals surface area contributed by atoms with Crippen molar-refractivity contribution >= 4 is 45.6 Å². The molecule has 8 heteroatoms. The number of amides is 2. The number of ether oxygens (including phenoxy) is 2. The molecule has 0 spiro atoms. The number of hydrogen-bond acceptors (Lipinski definition) is 5. The molecule has 7 rings (SSSR count). The quantitative estimate of drug-likeness (QED) is 0.291. The van der Waals surface area contributed by atoms with Crippen molar-refractivity contribution in [1.82, 2.24) is 5.01 Å². The molecule has 6 atom stereocenters. The Balaban J connectivity index is 1.21. The van der Waals surface area contributed by atoms with Gasteiger partial charge in [-0.1, -0.05) is 42.0 Å². The summed E-state index contributed by atoms with van der Waals surface area (Å²) in [6.07, 6.45) is 6.97. The normalized spacial score (nSPS) is 30.6. The first-order valence-corrected chi connectivity index (χ1v) is 12.5. The zero-order valence-electron chi connectivity index (χ0n) is 18.4. The monoisotopic (exact) mass is 540 g/mol. The molecule has 2 amide bonds. The van der Waals surface area contributed by atoms with Gasteiger partial charge in [0.2, 0.25) is 0 Å². The van der Waals surface area contributed by atoms with Crippen LogP contribution < -0.4 is 9.47 Å². The van der Waals surface area contributed by atoms with E-state index in [1.165, 1.54) is 6.21 Å². The second kappa shape index (κ2) is 8.24. The lowest BCUT2D eigenvalue weighted by atomic mass is 9.63. The van der Waals surface area contributed by atoms with E-state index in [1.807, 2.05) is 30.3 Å². The number of benzene rings is 2. The number of imide groups is 1. The summed E-state index contributed by atoms with van der Waals surface area (Å²) >= 11 is 9.77. The Morgan fingerprint density at radius 3 is 2.44 bits per heavy atom. The Bertz CT molecular complexity index is 1230. The zero-order chi connectivity index (χ0) is 23.6. The molecule has 2 aromatic carbocycles. The lowest BCUT2D eigenvalue weighted by Gasteiger charge is -2.37. The van der Waals surface area contributed by atoms with Gasteiger partial charge in [-0.2, -0.15) is 10.1 Å². The van der Waals surface area contributed by atoms with E-state index in [-0.39, 0.29) is 42.1 Å². The number of carbonyl (C=O) groups excluding carboxylic acids is 2. The molecule has 1 saturated heterocycles. The molecule has 34 heavy (non-hydrogen) atoms. The van der Waals surface area contributed by atoms with E-state index >= 15 is 0 Å². The summed E-state index contributed by atoms with van der Waals surface area (Å²) in [6.45, 7) is 0.278. The predicted molar refractivity (Wildman–Crippen MR) is 131 cm³/mol. The zero-order valence-corrected chi connectivity index (χ0v) is 20.7. The van der Waals surface area contributed by atoms with Gasteiger partial charge in [0.05, 0.1) is 29.6 Å². The molecule has 2 bridgehead atoms. The van der Waals surface area contributed by atoms with Crippen LogP contribution in [0.1, 0.15) is 17.5 Å². The van der Waals surface area contributed by atoms with E-state index in [0.717, 1.165) is 17.0 Å². The summed E-state index contributed by atoms with van der Waals surface area (Å²) in [7, 11) is 1.55. The van der Waals surface area contributed by atoms with Crippen LogP contribution in [0.3, 0.4) is 0 Å². The van der Waals surface area contributed by atoms with Crippen molar-refractivity contribution in [3.63, 3.8) is 0 Å². The van der Waals surface area contributed by atoms with E-state index in [2.05, 4.69) is 33.2 Å². The smallest absolute Gasteiger partial charge is 0.254 e. The Kier molecular flexibility index (Phi) is 5.30. The maximum atomic E-state index is 13.1. The first kappa shape index (κ1) is 21.9. The van der Waals surface area contributed by atoms with Crippen molar-refractivity contribution in [3.8, 4) is 11.5 Å². The van der Waals surface area contributed by atoms with Crippen molar-refractivity contribution in [2.24, 2.45) is 40.6 Å². The SMILES string of the molecule is COc1cc(/C=N\N2C(=O)[C@@H]3[C@H]4C=C[C@@H]([C@@H]5C[C@H]45)[C@H]3C2=O)cc(Br)c1OCc1ccccc1Cl. The fourth-order valence-electron chi connectivity index (χ4n) is 5.90. The average molecular weight is 542 g/mol. The van der Waals surface area contributed by atoms with Crippen LogP contribution in [0.2, 0.25) is 5.02 Å². The first-order chi connectivity index (χ1) is 16.5. The maximum absolute atomic E-state index is 13.1. The summed E-state index contributed by atoms with van der Waals surface area (Å²) in [4.78, 5) is 26.2. The summed E-state index contributed by atoms with van der Waals surface area (Å²) in [5.41, 5.74) is 1.53. The largest absolute Gasteiger partial charge is 0.493 e. The van der Waals surface area contributed by atoms with Gasteiger partial charge in [-0.3, -0.25) is 9.59 Å². The molecule has 0 aromatic heterocycles. The minimum atomic E-state index is -0.259. The van der Waals surface area contributed by atoms with E-state index in [0.29, 0.717) is 38.4 Å². The molecule has 174 valence electrons. The van der Waals surface area contributed by atoms with Crippen LogP contribution in [0.5, 0.6) is 11.5 Å². The number of hydrazone groups is 1. The van der Waals surface area contributed by atoms with E-state index in [1.54, 1.807) is 13.2 Å². The highest BCUT2D eigenvalue weighted by Gasteiger charge is 2.67. The molecule has 0 unspecified atom stereocenters. The number of carbonyl (C=O) groups is 2. The molecule has 5 aliphatic rings. The van der Waals surface area contributed by atoms with Gasteiger partial charge in [0.15, 0.2) is 11.5 Å². The summed E-state index contributed by atoms with van der Waals surface area (Å²) < 4.78 is 12.2. The molecule has 1 heterocycles. The molecule has 0 N–H and O–H groups in total. The fraction of sp³-hybridized carbons (Fsp3) is 0.346.